The lowest BCUT2D eigenvalue weighted by Crippen LogP contribution is -2.30. The molecule has 0 bridgehead atoms. The van der Waals surface area contributed by atoms with Crippen LogP contribution in [0, 0.1) is 13.8 Å². The number of aryl methyl sites for hydroxylation is 2. The highest BCUT2D eigenvalue weighted by Crippen LogP contribution is 2.26. The molecule has 28 heavy (non-hydrogen) atoms. The van der Waals surface area contributed by atoms with Gasteiger partial charge in [-0.25, -0.2) is 9.50 Å². The molecule has 1 N–H and O–H groups in total. The first kappa shape index (κ1) is 18.6. The van der Waals surface area contributed by atoms with Crippen molar-refractivity contribution in [3.63, 3.8) is 0 Å². The first-order valence-corrected chi connectivity index (χ1v) is 10.7. The van der Waals surface area contributed by atoms with Crippen LogP contribution < -0.4 is 5.32 Å². The molecule has 0 saturated heterocycles. The van der Waals surface area contributed by atoms with Gasteiger partial charge in [0.05, 0.1) is 11.8 Å². The normalized spacial score (nSPS) is 12.2. The number of carbonyl (C=O) groups excluding carboxylic acids is 1. The molecule has 0 aliphatic heterocycles. The van der Waals surface area contributed by atoms with Crippen molar-refractivity contribution in [1.82, 2.24) is 24.9 Å². The summed E-state index contributed by atoms with van der Waals surface area (Å²) in [5.74, 6) is 0.733. The second-order valence-corrected chi connectivity index (χ2v) is 8.28. The van der Waals surface area contributed by atoms with Crippen molar-refractivity contribution < 1.29 is 4.79 Å². The Kier molecular flexibility index (Phi) is 5.40. The van der Waals surface area contributed by atoms with Crippen LogP contribution in [0.25, 0.3) is 5.78 Å². The fourth-order valence-corrected chi connectivity index (χ4v) is 4.39. The lowest BCUT2D eigenvalue weighted by molar-refractivity contribution is -0.119. The van der Waals surface area contributed by atoms with E-state index in [0.29, 0.717) is 10.9 Å². The SMILES string of the molecule is Cc1cc(C)n2nc(SCC(=O)NC(c3ccccc3)c3cccs3)nc2n1. The molecule has 1 aromatic carbocycles. The van der Waals surface area contributed by atoms with E-state index in [9.17, 15) is 4.79 Å². The highest BCUT2D eigenvalue weighted by atomic mass is 32.2. The fourth-order valence-electron chi connectivity index (χ4n) is 2.96. The van der Waals surface area contributed by atoms with Crippen molar-refractivity contribution in [3.8, 4) is 0 Å². The molecular weight excluding hydrogens is 390 g/mol. The maximum atomic E-state index is 12.6. The molecule has 3 aromatic heterocycles. The molecule has 6 nitrogen and oxygen atoms in total. The van der Waals surface area contributed by atoms with Gasteiger partial charge in [-0.05, 0) is 36.9 Å². The van der Waals surface area contributed by atoms with Gasteiger partial charge in [0, 0.05) is 16.3 Å². The molecule has 3 heterocycles. The van der Waals surface area contributed by atoms with Gasteiger partial charge in [0.25, 0.3) is 5.78 Å². The Morgan fingerprint density at radius 3 is 2.75 bits per heavy atom. The van der Waals surface area contributed by atoms with E-state index in [0.717, 1.165) is 21.8 Å². The average Bonchev–Trinajstić information content (AvgIpc) is 3.35. The van der Waals surface area contributed by atoms with Crippen LogP contribution in [-0.4, -0.2) is 31.2 Å². The smallest absolute Gasteiger partial charge is 0.253 e. The predicted octanol–water partition coefficient (Wildman–Crippen LogP) is 3.80. The quantitative estimate of drug-likeness (QED) is 0.491. The van der Waals surface area contributed by atoms with E-state index in [1.165, 1.54) is 11.8 Å². The molecule has 8 heteroatoms. The molecule has 0 spiro atoms. The van der Waals surface area contributed by atoms with Crippen molar-refractivity contribution in [2.24, 2.45) is 0 Å². The van der Waals surface area contributed by atoms with E-state index >= 15 is 0 Å². The molecule has 142 valence electrons. The summed E-state index contributed by atoms with van der Waals surface area (Å²) in [5, 5.41) is 10.1. The Morgan fingerprint density at radius 2 is 2.00 bits per heavy atom. The topological polar surface area (TPSA) is 72.2 Å². The van der Waals surface area contributed by atoms with Gasteiger partial charge in [0.15, 0.2) is 0 Å². The number of benzene rings is 1. The minimum absolute atomic E-state index is 0.0630. The summed E-state index contributed by atoms with van der Waals surface area (Å²) in [4.78, 5) is 22.5. The number of aromatic nitrogens is 4. The Bertz CT molecular complexity index is 1090. The Labute approximate surface area is 171 Å². The van der Waals surface area contributed by atoms with Gasteiger partial charge in [-0.3, -0.25) is 4.79 Å². The Balaban J connectivity index is 1.46. The van der Waals surface area contributed by atoms with Crippen LogP contribution in [0.3, 0.4) is 0 Å². The molecule has 0 fully saturated rings. The number of amides is 1. The van der Waals surface area contributed by atoms with Crippen LogP contribution in [0.1, 0.15) is 27.9 Å². The number of thiophene rings is 1. The van der Waals surface area contributed by atoms with Crippen molar-refractivity contribution in [2.45, 2.75) is 25.0 Å². The minimum Gasteiger partial charge on any atom is -0.344 e. The van der Waals surface area contributed by atoms with Crippen LogP contribution in [0.4, 0.5) is 0 Å². The van der Waals surface area contributed by atoms with Crippen molar-refractivity contribution in [2.75, 3.05) is 5.75 Å². The zero-order valence-electron chi connectivity index (χ0n) is 15.5. The maximum absolute atomic E-state index is 12.6. The summed E-state index contributed by atoms with van der Waals surface area (Å²) in [5.41, 5.74) is 2.92. The third kappa shape index (κ3) is 4.07. The van der Waals surface area contributed by atoms with E-state index in [-0.39, 0.29) is 17.7 Å². The summed E-state index contributed by atoms with van der Waals surface area (Å²) in [6, 6.07) is 15.8. The number of fused-ring (bicyclic) bond motifs is 1. The molecule has 0 saturated carbocycles. The third-order valence-electron chi connectivity index (χ3n) is 4.20. The number of hydrogen-bond acceptors (Lipinski definition) is 6. The fraction of sp³-hybridized carbons (Fsp3) is 0.200. The first-order valence-electron chi connectivity index (χ1n) is 8.81. The van der Waals surface area contributed by atoms with E-state index < -0.39 is 0 Å². The lowest BCUT2D eigenvalue weighted by Gasteiger charge is -2.17. The molecule has 4 aromatic rings. The van der Waals surface area contributed by atoms with Crippen LogP contribution in [-0.2, 0) is 4.79 Å². The molecule has 0 aliphatic carbocycles. The number of nitrogens with zero attached hydrogens (tertiary/aromatic N) is 4. The first-order chi connectivity index (χ1) is 13.6. The van der Waals surface area contributed by atoms with Crippen LogP contribution in [0.2, 0.25) is 0 Å². The number of nitrogens with one attached hydrogen (secondary N) is 1. The zero-order chi connectivity index (χ0) is 19.5. The van der Waals surface area contributed by atoms with E-state index in [2.05, 4.69) is 20.4 Å². The second kappa shape index (κ2) is 8.12. The van der Waals surface area contributed by atoms with Gasteiger partial charge >= 0.3 is 0 Å². The van der Waals surface area contributed by atoms with Gasteiger partial charge in [0.1, 0.15) is 0 Å². The monoisotopic (exact) mass is 409 g/mol. The van der Waals surface area contributed by atoms with Gasteiger partial charge in [-0.15, -0.1) is 16.4 Å². The molecular formula is C20H19N5OS2. The molecule has 0 aliphatic rings. The predicted molar refractivity (Wildman–Crippen MR) is 112 cm³/mol. The summed E-state index contributed by atoms with van der Waals surface area (Å²) >= 11 is 2.94. The Morgan fingerprint density at radius 1 is 1.18 bits per heavy atom. The molecule has 1 amide bonds. The lowest BCUT2D eigenvalue weighted by atomic mass is 10.1. The van der Waals surface area contributed by atoms with Crippen molar-refractivity contribution in [1.29, 1.82) is 0 Å². The van der Waals surface area contributed by atoms with Crippen LogP contribution in [0.5, 0.6) is 0 Å². The molecule has 1 atom stereocenters. The van der Waals surface area contributed by atoms with E-state index in [1.807, 2.05) is 67.8 Å². The van der Waals surface area contributed by atoms with Crippen LogP contribution in [0.15, 0.2) is 59.1 Å². The van der Waals surface area contributed by atoms with Gasteiger partial charge < -0.3 is 5.32 Å². The van der Waals surface area contributed by atoms with Gasteiger partial charge in [0.2, 0.25) is 11.1 Å². The molecule has 0 radical (unpaired) electrons. The number of hydrogen-bond donors (Lipinski definition) is 1. The minimum atomic E-state index is -0.158. The molecule has 1 unspecified atom stereocenters. The summed E-state index contributed by atoms with van der Waals surface area (Å²) in [7, 11) is 0. The number of rotatable bonds is 6. The van der Waals surface area contributed by atoms with E-state index in [1.54, 1.807) is 15.9 Å². The molecule has 4 rings (SSSR count). The maximum Gasteiger partial charge on any atom is 0.253 e. The largest absolute Gasteiger partial charge is 0.344 e. The summed E-state index contributed by atoms with van der Waals surface area (Å²) in [6.07, 6.45) is 0. The van der Waals surface area contributed by atoms with Gasteiger partial charge in [-0.2, -0.15) is 4.98 Å². The average molecular weight is 410 g/mol. The van der Waals surface area contributed by atoms with Crippen molar-refractivity contribution >= 4 is 34.8 Å². The van der Waals surface area contributed by atoms with E-state index in [4.69, 9.17) is 0 Å². The highest BCUT2D eigenvalue weighted by Gasteiger charge is 2.18. The zero-order valence-corrected chi connectivity index (χ0v) is 17.1. The summed E-state index contributed by atoms with van der Waals surface area (Å²) in [6.45, 7) is 3.89. The standard InChI is InChI=1S/C20H19N5OS2/c1-13-11-14(2)25-19(21-13)23-20(24-25)28-12-17(26)22-18(16-9-6-10-27-16)15-7-4-3-5-8-15/h3-11,18H,12H2,1-2H3,(H,22,26). The summed E-state index contributed by atoms with van der Waals surface area (Å²) < 4.78 is 1.70. The third-order valence-corrected chi connectivity index (χ3v) is 5.97. The van der Waals surface area contributed by atoms with Crippen LogP contribution >= 0.6 is 23.1 Å². The second-order valence-electron chi connectivity index (χ2n) is 6.36. The van der Waals surface area contributed by atoms with Gasteiger partial charge in [-0.1, -0.05) is 48.2 Å². The number of carbonyl (C=O) groups is 1. The van der Waals surface area contributed by atoms with Crippen molar-refractivity contribution in [3.05, 3.63) is 75.7 Å². The highest BCUT2D eigenvalue weighted by molar-refractivity contribution is 7.99. The Hall–Kier alpha value is -2.71. The number of thioether (sulfide) groups is 1.